The Labute approximate surface area is 91.3 Å². The lowest BCUT2D eigenvalue weighted by molar-refractivity contribution is -0.148. The van der Waals surface area contributed by atoms with Crippen LogP contribution in [0.25, 0.3) is 0 Å². The molecule has 0 heterocycles. The zero-order chi connectivity index (χ0) is 11.1. The van der Waals surface area contributed by atoms with Gasteiger partial charge in [0, 0.05) is 12.1 Å². The highest BCUT2D eigenvalue weighted by Gasteiger charge is 2.30. The van der Waals surface area contributed by atoms with Crippen molar-refractivity contribution < 1.29 is 14.3 Å². The Kier molecular flexibility index (Phi) is 5.05. The van der Waals surface area contributed by atoms with Crippen LogP contribution >= 0.6 is 0 Å². The molecule has 0 aliphatic heterocycles. The molecule has 1 rings (SSSR count). The van der Waals surface area contributed by atoms with E-state index >= 15 is 0 Å². The molecule has 15 heavy (non-hydrogen) atoms. The van der Waals surface area contributed by atoms with Gasteiger partial charge < -0.3 is 14.8 Å². The first-order valence-electron chi connectivity index (χ1n) is 5.65. The van der Waals surface area contributed by atoms with Crippen molar-refractivity contribution in [2.45, 2.75) is 38.6 Å². The maximum Gasteiger partial charge on any atom is 0.332 e. The predicted molar refractivity (Wildman–Crippen MR) is 57.7 cm³/mol. The lowest BCUT2D eigenvalue weighted by atomic mass is 9.78. The number of hydrogen-bond acceptors (Lipinski definition) is 4. The largest absolute Gasteiger partial charge is 0.464 e. The van der Waals surface area contributed by atoms with E-state index in [-0.39, 0.29) is 12.6 Å². The lowest BCUT2D eigenvalue weighted by Crippen LogP contribution is -2.49. The summed E-state index contributed by atoms with van der Waals surface area (Å²) in [7, 11) is 0. The standard InChI is InChI=1S/C11H21NO3/c1-3-15-10(13)9-14-8-7-12-11(2)5-4-6-11/h12H,3-9H2,1-2H3. The SMILES string of the molecule is CCOC(=O)COCCNC1(C)CCC1. The molecule has 4 nitrogen and oxygen atoms in total. The van der Waals surface area contributed by atoms with Gasteiger partial charge in [-0.05, 0) is 33.1 Å². The Bertz CT molecular complexity index is 202. The van der Waals surface area contributed by atoms with Crippen molar-refractivity contribution in [2.75, 3.05) is 26.4 Å². The summed E-state index contributed by atoms with van der Waals surface area (Å²) < 4.78 is 9.91. The highest BCUT2D eigenvalue weighted by molar-refractivity contribution is 5.70. The van der Waals surface area contributed by atoms with Crippen LogP contribution < -0.4 is 5.32 Å². The van der Waals surface area contributed by atoms with E-state index in [1.165, 1.54) is 19.3 Å². The third kappa shape index (κ3) is 4.62. The van der Waals surface area contributed by atoms with Gasteiger partial charge in [0.15, 0.2) is 0 Å². The highest BCUT2D eigenvalue weighted by Crippen LogP contribution is 2.30. The molecule has 0 bridgehead atoms. The molecular weight excluding hydrogens is 194 g/mol. The number of rotatable bonds is 7. The van der Waals surface area contributed by atoms with E-state index in [2.05, 4.69) is 12.2 Å². The van der Waals surface area contributed by atoms with E-state index in [4.69, 9.17) is 9.47 Å². The Hall–Kier alpha value is -0.610. The number of esters is 1. The van der Waals surface area contributed by atoms with Gasteiger partial charge in [0.05, 0.1) is 13.2 Å². The number of ether oxygens (including phenoxy) is 2. The third-order valence-corrected chi connectivity index (χ3v) is 2.78. The van der Waals surface area contributed by atoms with Crippen molar-refractivity contribution in [1.82, 2.24) is 5.32 Å². The maximum absolute atomic E-state index is 10.9. The average Bonchev–Trinajstić information content (AvgIpc) is 2.15. The molecule has 1 aliphatic carbocycles. The van der Waals surface area contributed by atoms with Crippen molar-refractivity contribution >= 4 is 5.97 Å². The zero-order valence-electron chi connectivity index (χ0n) is 9.67. The van der Waals surface area contributed by atoms with E-state index in [0.717, 1.165) is 6.54 Å². The van der Waals surface area contributed by atoms with Crippen LogP contribution in [0.4, 0.5) is 0 Å². The minimum absolute atomic E-state index is 0.0617. The first-order chi connectivity index (χ1) is 7.16. The van der Waals surface area contributed by atoms with Crippen molar-refractivity contribution in [3.63, 3.8) is 0 Å². The van der Waals surface area contributed by atoms with E-state index in [1.54, 1.807) is 6.92 Å². The van der Waals surface area contributed by atoms with Crippen LogP contribution in [0.1, 0.15) is 33.1 Å². The summed E-state index contributed by atoms with van der Waals surface area (Å²) in [4.78, 5) is 10.9. The number of nitrogens with one attached hydrogen (secondary N) is 1. The van der Waals surface area contributed by atoms with E-state index < -0.39 is 0 Å². The molecule has 1 aliphatic rings. The van der Waals surface area contributed by atoms with Crippen molar-refractivity contribution in [3.8, 4) is 0 Å². The average molecular weight is 215 g/mol. The van der Waals surface area contributed by atoms with E-state index in [0.29, 0.717) is 18.8 Å². The molecule has 1 fully saturated rings. The van der Waals surface area contributed by atoms with Crippen molar-refractivity contribution in [2.24, 2.45) is 0 Å². The van der Waals surface area contributed by atoms with Gasteiger partial charge in [0.25, 0.3) is 0 Å². The van der Waals surface area contributed by atoms with Crippen LogP contribution in [0.15, 0.2) is 0 Å². The van der Waals surface area contributed by atoms with Gasteiger partial charge in [-0.15, -0.1) is 0 Å². The minimum Gasteiger partial charge on any atom is -0.464 e. The fourth-order valence-electron chi connectivity index (χ4n) is 1.67. The Balaban J connectivity index is 1.90. The molecule has 0 aromatic heterocycles. The topological polar surface area (TPSA) is 47.6 Å². The molecule has 1 saturated carbocycles. The van der Waals surface area contributed by atoms with Crippen LogP contribution in [0.3, 0.4) is 0 Å². The second-order valence-electron chi connectivity index (χ2n) is 4.20. The Morgan fingerprint density at radius 2 is 2.20 bits per heavy atom. The molecule has 1 N–H and O–H groups in total. The Morgan fingerprint density at radius 3 is 2.73 bits per heavy atom. The lowest BCUT2D eigenvalue weighted by Gasteiger charge is -2.39. The first-order valence-corrected chi connectivity index (χ1v) is 5.65. The summed E-state index contributed by atoms with van der Waals surface area (Å²) in [6, 6.07) is 0. The molecule has 0 spiro atoms. The fourth-order valence-corrected chi connectivity index (χ4v) is 1.67. The number of carbonyl (C=O) groups excluding carboxylic acids is 1. The predicted octanol–water partition coefficient (Wildman–Crippen LogP) is 1.10. The van der Waals surface area contributed by atoms with Crippen LogP contribution in [0.5, 0.6) is 0 Å². The molecule has 4 heteroatoms. The molecule has 0 atom stereocenters. The maximum atomic E-state index is 10.9. The normalized spacial score (nSPS) is 18.3. The zero-order valence-corrected chi connectivity index (χ0v) is 9.67. The second kappa shape index (κ2) is 6.08. The van der Waals surface area contributed by atoms with Crippen LogP contribution in [-0.4, -0.2) is 37.9 Å². The van der Waals surface area contributed by atoms with Gasteiger partial charge in [-0.1, -0.05) is 0 Å². The third-order valence-electron chi connectivity index (χ3n) is 2.78. The molecule has 0 amide bonds. The van der Waals surface area contributed by atoms with Crippen LogP contribution in [0.2, 0.25) is 0 Å². The van der Waals surface area contributed by atoms with Crippen LogP contribution in [-0.2, 0) is 14.3 Å². The summed E-state index contributed by atoms with van der Waals surface area (Å²) in [6.07, 6.45) is 3.79. The Morgan fingerprint density at radius 1 is 1.47 bits per heavy atom. The fraction of sp³-hybridized carbons (Fsp3) is 0.909. The molecule has 0 radical (unpaired) electrons. The monoisotopic (exact) mass is 215 g/mol. The smallest absolute Gasteiger partial charge is 0.332 e. The summed E-state index contributed by atoms with van der Waals surface area (Å²) >= 11 is 0. The quantitative estimate of drug-likeness (QED) is 0.510. The highest BCUT2D eigenvalue weighted by atomic mass is 16.6. The molecule has 0 saturated heterocycles. The molecule has 0 aromatic carbocycles. The number of carbonyl (C=O) groups is 1. The van der Waals surface area contributed by atoms with Gasteiger partial charge in [0.1, 0.15) is 6.61 Å². The summed E-state index contributed by atoms with van der Waals surface area (Å²) in [5.74, 6) is -0.285. The van der Waals surface area contributed by atoms with Gasteiger partial charge in [-0.2, -0.15) is 0 Å². The van der Waals surface area contributed by atoms with Crippen molar-refractivity contribution in [1.29, 1.82) is 0 Å². The molecular formula is C11H21NO3. The molecule has 88 valence electrons. The van der Waals surface area contributed by atoms with Gasteiger partial charge in [-0.3, -0.25) is 0 Å². The first kappa shape index (κ1) is 12.5. The number of hydrogen-bond donors (Lipinski definition) is 1. The molecule has 0 aromatic rings. The molecule has 0 unspecified atom stereocenters. The van der Waals surface area contributed by atoms with E-state index in [1.807, 2.05) is 0 Å². The van der Waals surface area contributed by atoms with Gasteiger partial charge >= 0.3 is 5.97 Å². The summed E-state index contributed by atoms with van der Waals surface area (Å²) in [6.45, 7) is 5.85. The summed E-state index contributed by atoms with van der Waals surface area (Å²) in [5, 5.41) is 3.42. The second-order valence-corrected chi connectivity index (χ2v) is 4.20. The van der Waals surface area contributed by atoms with E-state index in [9.17, 15) is 4.79 Å². The van der Waals surface area contributed by atoms with Gasteiger partial charge in [-0.25, -0.2) is 4.79 Å². The van der Waals surface area contributed by atoms with Crippen molar-refractivity contribution in [3.05, 3.63) is 0 Å². The van der Waals surface area contributed by atoms with Crippen LogP contribution in [0, 0.1) is 0 Å². The van der Waals surface area contributed by atoms with Gasteiger partial charge in [0.2, 0.25) is 0 Å². The minimum atomic E-state index is -0.285. The summed E-state index contributed by atoms with van der Waals surface area (Å²) in [5.41, 5.74) is 0.313.